The standard InChI is InChI=1S/C31H41N7O7.C30H39N7O7.Li.H2O/c1-18(33-26(39)19(2)37(6)30(43)45-31(3,4)5)28(41)38-17-23(35-36-32)16-25(38)27(40)34-24(29(42)44-7)15-20-12-13-21-10-8-9-11-22(21)14-20;1-17(32-25(38)18(2)36(6)29(43)44-30(3,4)5)27(40)37-16-22(34-35-31)15-24(37)26(39)33-23(28(41)42)14-19-11-12-20-9-7-8-10-21(20)13-19;;/h8-14,18-19,23-25H,15-17H2,1-7H3,(H,33,39)(H,34,40);7-13,17-18,22-24H,14-16H2,1-6H3,(H,32,38)(H,33,39)(H,41,42);;1H2/q;;+1;/p-1/t18-,19-,23-,24-,25-;17-,18-,22-,23-,24-;;/m00../s1. The van der Waals surface area contributed by atoms with Gasteiger partial charge in [0.1, 0.15) is 59.5 Å². The van der Waals surface area contributed by atoms with Crippen LogP contribution in [0.3, 0.4) is 0 Å². The summed E-state index contributed by atoms with van der Waals surface area (Å²) in [6, 6.07) is 16.4. The van der Waals surface area contributed by atoms with E-state index in [2.05, 4.69) is 41.3 Å². The molecule has 29 nitrogen and oxygen atoms in total. The summed E-state index contributed by atoms with van der Waals surface area (Å²) in [6.07, 6.45) is -1.29. The Bertz CT molecular complexity index is 3400. The smallest absolute Gasteiger partial charge is 0.870 e. The van der Waals surface area contributed by atoms with Crippen LogP contribution in [0.2, 0.25) is 0 Å². The largest absolute Gasteiger partial charge is 1.00 e. The van der Waals surface area contributed by atoms with Crippen LogP contribution < -0.4 is 40.1 Å². The van der Waals surface area contributed by atoms with Crippen LogP contribution in [0.1, 0.15) is 93.2 Å². The van der Waals surface area contributed by atoms with Crippen molar-refractivity contribution in [2.24, 2.45) is 10.2 Å². The first kappa shape index (κ1) is 76.1. The number of azide groups is 2. The van der Waals surface area contributed by atoms with Gasteiger partial charge in [-0.25, -0.2) is 19.2 Å². The van der Waals surface area contributed by atoms with Gasteiger partial charge in [0.05, 0.1) is 19.2 Å². The molecule has 0 aliphatic carbocycles. The third-order valence-electron chi connectivity index (χ3n) is 14.8. The maximum absolute atomic E-state index is 13.6. The summed E-state index contributed by atoms with van der Waals surface area (Å²) in [6.45, 7) is 15.9. The number of carboxylic acid groups (broad SMARTS) is 1. The molecule has 2 saturated heterocycles. The van der Waals surface area contributed by atoms with Gasteiger partial charge < -0.3 is 55.9 Å². The molecule has 91 heavy (non-hydrogen) atoms. The van der Waals surface area contributed by atoms with Crippen LogP contribution in [0.25, 0.3) is 42.4 Å². The molecule has 0 bridgehead atoms. The Labute approximate surface area is 539 Å². The fourth-order valence-corrected chi connectivity index (χ4v) is 9.82. The average molecular weight is 1260 g/mol. The first-order chi connectivity index (χ1) is 41.7. The first-order valence-electron chi connectivity index (χ1n) is 28.8. The number of fused-ring (bicyclic) bond motifs is 2. The molecule has 2 heterocycles. The molecule has 2 fully saturated rings. The zero-order valence-electron chi connectivity index (χ0n) is 53.8. The van der Waals surface area contributed by atoms with Crippen LogP contribution in [0.15, 0.2) is 95.2 Å². The third kappa shape index (κ3) is 21.5. The van der Waals surface area contributed by atoms with Crippen LogP contribution in [-0.4, -0.2) is 196 Å². The van der Waals surface area contributed by atoms with Gasteiger partial charge in [0, 0.05) is 49.8 Å². The van der Waals surface area contributed by atoms with E-state index in [1.165, 1.54) is 58.7 Å². The van der Waals surface area contributed by atoms with Crippen molar-refractivity contribution in [2.45, 2.75) is 167 Å². The number of carbonyl (C=O) groups is 10. The number of likely N-dealkylation sites (tertiary alicyclic amines) is 2. The predicted molar refractivity (Wildman–Crippen MR) is 329 cm³/mol. The van der Waals surface area contributed by atoms with E-state index in [-0.39, 0.29) is 63.1 Å². The van der Waals surface area contributed by atoms with Gasteiger partial charge in [-0.05, 0) is 126 Å². The van der Waals surface area contributed by atoms with E-state index in [0.717, 1.165) is 36.9 Å². The molecule has 2 aliphatic rings. The number of hydrogen-bond acceptors (Lipinski definition) is 16. The molecule has 0 radical (unpaired) electrons. The summed E-state index contributed by atoms with van der Waals surface area (Å²) in [5, 5.41) is 31.6. The molecule has 0 spiro atoms. The van der Waals surface area contributed by atoms with Crippen molar-refractivity contribution >= 4 is 81.1 Å². The molecule has 4 aromatic rings. The number of carboxylic acids is 1. The molecule has 2 aliphatic heterocycles. The van der Waals surface area contributed by atoms with E-state index < -0.39 is 131 Å². The van der Waals surface area contributed by atoms with E-state index in [1.807, 2.05) is 78.9 Å². The summed E-state index contributed by atoms with van der Waals surface area (Å²) < 4.78 is 15.5. The Morgan fingerprint density at radius 1 is 0.593 bits per heavy atom. The number of nitrogens with zero attached hydrogens (tertiary/aromatic N) is 10. The second-order valence-corrected chi connectivity index (χ2v) is 24.0. The SMILES string of the molecule is COC(=O)[C@H](Cc1ccc2ccccc2c1)NC(=O)[C@@H]1C[C@H](N=[N+]=[N-])CN1C(=O)[C@H](C)NC(=O)[C@H](C)N(C)C(=O)OC(C)(C)C.C[C@H](NC(=O)[C@H](C)N(C)C(=O)OC(C)(C)C)C(=O)N1C[C@@H](N=[N+]=[N-])C[C@H]1C(=O)N[C@@H](Cc1ccc2ccccc2c1)C(=O)O.[Li+].[OH-]. The molecule has 0 unspecified atom stereocenters. The van der Waals surface area contributed by atoms with Gasteiger partial charge in [0.25, 0.3) is 0 Å². The molecule has 30 heteroatoms. The van der Waals surface area contributed by atoms with Crippen molar-refractivity contribution in [1.82, 2.24) is 40.9 Å². The molecule has 6 rings (SSSR count). The van der Waals surface area contributed by atoms with Crippen LogP contribution in [0, 0.1) is 0 Å². The second-order valence-electron chi connectivity index (χ2n) is 24.0. The number of likely N-dealkylation sites (N-methyl/N-ethyl adjacent to an activating group) is 2. The number of amides is 8. The fraction of sp³-hybridized carbons (Fsp3) is 0.508. The number of aliphatic carboxylic acids is 1. The average Bonchev–Trinajstić information content (AvgIpc) is 1.94. The quantitative estimate of drug-likeness (QED) is 0.0212. The minimum absolute atomic E-state index is 0. The second kappa shape index (κ2) is 33.6. The normalized spacial score (nSPS) is 17.9. The van der Waals surface area contributed by atoms with Crippen molar-refractivity contribution in [3.05, 3.63) is 117 Å². The molecule has 4 aromatic carbocycles. The van der Waals surface area contributed by atoms with Crippen molar-refractivity contribution in [2.75, 3.05) is 34.3 Å². The van der Waals surface area contributed by atoms with E-state index in [0.29, 0.717) is 5.56 Å². The van der Waals surface area contributed by atoms with Crippen LogP contribution in [-0.2, 0) is 65.4 Å². The molecule has 10 atom stereocenters. The van der Waals surface area contributed by atoms with Gasteiger partial charge in [0.15, 0.2) is 0 Å². The van der Waals surface area contributed by atoms with Crippen molar-refractivity contribution in [1.29, 1.82) is 0 Å². The third-order valence-corrected chi connectivity index (χ3v) is 14.8. The number of hydrogen-bond donors (Lipinski definition) is 5. The van der Waals surface area contributed by atoms with Gasteiger partial charge >= 0.3 is 43.0 Å². The van der Waals surface area contributed by atoms with Crippen LogP contribution >= 0.6 is 0 Å². The van der Waals surface area contributed by atoms with Gasteiger partial charge in [-0.3, -0.25) is 38.6 Å². The predicted octanol–water partition coefficient (Wildman–Crippen LogP) is 2.90. The molecule has 0 saturated carbocycles. The van der Waals surface area contributed by atoms with Gasteiger partial charge in [0.2, 0.25) is 35.4 Å². The molecule has 8 amide bonds. The van der Waals surface area contributed by atoms with Gasteiger partial charge in [-0.1, -0.05) is 95.2 Å². The van der Waals surface area contributed by atoms with E-state index in [9.17, 15) is 53.1 Å². The fourth-order valence-electron chi connectivity index (χ4n) is 9.82. The zero-order chi connectivity index (χ0) is 66.2. The maximum Gasteiger partial charge on any atom is 1.00 e. The number of esters is 1. The van der Waals surface area contributed by atoms with E-state index in [4.69, 9.17) is 25.3 Å². The zero-order valence-corrected chi connectivity index (χ0v) is 53.8. The summed E-state index contributed by atoms with van der Waals surface area (Å²) in [5.74, 6) is -5.76. The number of benzene rings is 4. The topological polar surface area (TPSA) is 407 Å². The van der Waals surface area contributed by atoms with E-state index in [1.54, 1.807) is 47.6 Å². The maximum atomic E-state index is 13.6. The minimum Gasteiger partial charge on any atom is -0.870 e. The van der Waals surface area contributed by atoms with Crippen molar-refractivity contribution in [3.63, 3.8) is 0 Å². The molecule has 0 aromatic heterocycles. The summed E-state index contributed by atoms with van der Waals surface area (Å²) >= 11 is 0. The summed E-state index contributed by atoms with van der Waals surface area (Å²) in [5.41, 5.74) is 17.9. The Morgan fingerprint density at radius 3 is 1.29 bits per heavy atom. The Kier molecular flexibility index (Phi) is 28.1. The van der Waals surface area contributed by atoms with Crippen molar-refractivity contribution in [3.8, 4) is 0 Å². The Hall–Kier alpha value is -9.12. The van der Waals surface area contributed by atoms with Crippen LogP contribution in [0.4, 0.5) is 9.59 Å². The Morgan fingerprint density at radius 2 is 0.945 bits per heavy atom. The van der Waals surface area contributed by atoms with Crippen LogP contribution in [0.5, 0.6) is 0 Å². The molecule has 486 valence electrons. The molecule has 6 N–H and O–H groups in total. The monoisotopic (exact) mass is 1260 g/mol. The minimum atomic E-state index is -1.29. The summed E-state index contributed by atoms with van der Waals surface area (Å²) in [4.78, 5) is 140. The number of methoxy groups -OCH3 is 1. The van der Waals surface area contributed by atoms with Gasteiger partial charge in [-0.15, -0.1) is 0 Å². The Balaban J connectivity index is 0.000000465. The number of nitrogens with one attached hydrogen (secondary N) is 4. The molecular weight excluding hydrogens is 1180 g/mol. The first-order valence-corrected chi connectivity index (χ1v) is 28.8. The van der Waals surface area contributed by atoms with E-state index >= 15 is 0 Å². The number of ether oxygens (including phenoxy) is 3. The number of rotatable bonds is 20. The van der Waals surface area contributed by atoms with Gasteiger partial charge in [-0.2, -0.15) is 0 Å². The summed E-state index contributed by atoms with van der Waals surface area (Å²) in [7, 11) is 4.02. The molecular formula is C61H81LiN14O15. The number of carbonyl (C=O) groups excluding carboxylic acids is 9. The van der Waals surface area contributed by atoms with Crippen molar-refractivity contribution < 1.29 is 91.6 Å².